The van der Waals surface area contributed by atoms with Crippen LogP contribution in [0.2, 0.25) is 0 Å². The Morgan fingerprint density at radius 1 is 1.12 bits per heavy atom. The van der Waals surface area contributed by atoms with E-state index in [9.17, 15) is 0 Å². The molecule has 3 rings (SSSR count). The molecule has 17 heavy (non-hydrogen) atoms. The Morgan fingerprint density at radius 3 is 2.47 bits per heavy atom. The number of halogens is 1. The highest BCUT2D eigenvalue weighted by Crippen LogP contribution is 2.39. The van der Waals surface area contributed by atoms with Crippen LogP contribution in [0.15, 0.2) is 34.8 Å². The van der Waals surface area contributed by atoms with Crippen molar-refractivity contribution in [3.63, 3.8) is 0 Å². The molecule has 1 saturated carbocycles. The van der Waals surface area contributed by atoms with Crippen molar-refractivity contribution in [3.8, 4) is 11.3 Å². The molecule has 0 saturated heterocycles. The lowest BCUT2D eigenvalue weighted by Gasteiger charge is -2.05. The van der Waals surface area contributed by atoms with Gasteiger partial charge in [0, 0.05) is 22.0 Å². The Hall–Kier alpha value is -1.42. The number of rotatable bonds is 2. The molecule has 4 heteroatoms. The van der Waals surface area contributed by atoms with Gasteiger partial charge in [0.1, 0.15) is 11.6 Å². The van der Waals surface area contributed by atoms with E-state index in [0.717, 1.165) is 21.6 Å². The van der Waals surface area contributed by atoms with Gasteiger partial charge < -0.3 is 5.73 Å². The number of hydrogen-bond acceptors (Lipinski definition) is 3. The number of benzene rings is 1. The Kier molecular flexibility index (Phi) is 2.59. The van der Waals surface area contributed by atoms with Gasteiger partial charge in [-0.25, -0.2) is 9.97 Å². The summed E-state index contributed by atoms with van der Waals surface area (Å²) in [7, 11) is 0. The fraction of sp³-hybridized carbons (Fsp3) is 0.231. The molecular formula is C13H12BrN3. The van der Waals surface area contributed by atoms with Gasteiger partial charge in [0.2, 0.25) is 0 Å². The highest BCUT2D eigenvalue weighted by Gasteiger charge is 2.27. The minimum Gasteiger partial charge on any atom is -0.384 e. The normalized spacial score (nSPS) is 14.9. The smallest absolute Gasteiger partial charge is 0.134 e. The van der Waals surface area contributed by atoms with Crippen molar-refractivity contribution in [1.82, 2.24) is 9.97 Å². The van der Waals surface area contributed by atoms with Gasteiger partial charge in [-0.05, 0) is 25.0 Å². The molecule has 0 atom stereocenters. The molecule has 2 N–H and O–H groups in total. The molecular weight excluding hydrogens is 278 g/mol. The van der Waals surface area contributed by atoms with Crippen LogP contribution >= 0.6 is 15.9 Å². The molecule has 86 valence electrons. The second-order valence-electron chi connectivity index (χ2n) is 4.32. The fourth-order valence-electron chi connectivity index (χ4n) is 1.78. The Bertz CT molecular complexity index is 547. The lowest BCUT2D eigenvalue weighted by molar-refractivity contribution is 0.936. The SMILES string of the molecule is Nc1cc(-c2ccc(Br)cc2)nc(C2CC2)n1. The first-order chi connectivity index (χ1) is 8.22. The number of nitrogens with zero attached hydrogens (tertiary/aromatic N) is 2. The van der Waals surface area contributed by atoms with Gasteiger partial charge in [0.25, 0.3) is 0 Å². The monoisotopic (exact) mass is 289 g/mol. The first kappa shape index (κ1) is 10.7. The third-order valence-corrected chi connectivity index (χ3v) is 3.37. The van der Waals surface area contributed by atoms with Gasteiger partial charge in [0.15, 0.2) is 0 Å². The third-order valence-electron chi connectivity index (χ3n) is 2.85. The first-order valence-corrected chi connectivity index (χ1v) is 6.42. The van der Waals surface area contributed by atoms with E-state index >= 15 is 0 Å². The van der Waals surface area contributed by atoms with E-state index in [1.807, 2.05) is 30.3 Å². The zero-order chi connectivity index (χ0) is 11.8. The molecule has 1 aliphatic rings. The minimum absolute atomic E-state index is 0.521. The van der Waals surface area contributed by atoms with E-state index in [4.69, 9.17) is 5.73 Å². The van der Waals surface area contributed by atoms with Crippen molar-refractivity contribution in [2.45, 2.75) is 18.8 Å². The molecule has 0 unspecified atom stereocenters. The van der Waals surface area contributed by atoms with Gasteiger partial charge in [-0.3, -0.25) is 0 Å². The van der Waals surface area contributed by atoms with E-state index in [1.54, 1.807) is 0 Å². The van der Waals surface area contributed by atoms with E-state index in [0.29, 0.717) is 11.7 Å². The molecule has 1 aromatic heterocycles. The third kappa shape index (κ3) is 2.31. The second kappa shape index (κ2) is 4.11. The van der Waals surface area contributed by atoms with Gasteiger partial charge >= 0.3 is 0 Å². The van der Waals surface area contributed by atoms with Crippen LogP contribution in [0.25, 0.3) is 11.3 Å². The number of anilines is 1. The molecule has 1 aliphatic carbocycles. The van der Waals surface area contributed by atoms with E-state index in [-0.39, 0.29) is 0 Å². The highest BCUT2D eigenvalue weighted by molar-refractivity contribution is 9.10. The number of aromatic nitrogens is 2. The van der Waals surface area contributed by atoms with Gasteiger partial charge in [-0.2, -0.15) is 0 Å². The average Bonchev–Trinajstić information content (AvgIpc) is 3.13. The van der Waals surface area contributed by atoms with Crippen LogP contribution < -0.4 is 5.73 Å². The molecule has 1 heterocycles. The number of nitrogen functional groups attached to an aromatic ring is 1. The van der Waals surface area contributed by atoms with Crippen molar-refractivity contribution in [1.29, 1.82) is 0 Å². The summed E-state index contributed by atoms with van der Waals surface area (Å²) < 4.78 is 1.06. The zero-order valence-electron chi connectivity index (χ0n) is 9.23. The number of hydrogen-bond donors (Lipinski definition) is 1. The second-order valence-corrected chi connectivity index (χ2v) is 5.23. The van der Waals surface area contributed by atoms with Crippen molar-refractivity contribution in [2.24, 2.45) is 0 Å². The van der Waals surface area contributed by atoms with E-state index in [1.165, 1.54) is 12.8 Å². The largest absolute Gasteiger partial charge is 0.384 e. The summed E-state index contributed by atoms with van der Waals surface area (Å²) in [5, 5.41) is 0. The molecule has 1 aromatic carbocycles. The van der Waals surface area contributed by atoms with Crippen LogP contribution in [-0.4, -0.2) is 9.97 Å². The standard InChI is InChI=1S/C13H12BrN3/c14-10-5-3-8(4-6-10)11-7-12(15)17-13(16-11)9-1-2-9/h3-7,9H,1-2H2,(H2,15,16,17). The summed E-state index contributed by atoms with van der Waals surface area (Å²) in [4.78, 5) is 8.89. The van der Waals surface area contributed by atoms with Crippen LogP contribution in [0.1, 0.15) is 24.6 Å². The molecule has 0 spiro atoms. The maximum Gasteiger partial charge on any atom is 0.134 e. The minimum atomic E-state index is 0.521. The zero-order valence-corrected chi connectivity index (χ0v) is 10.8. The predicted molar refractivity (Wildman–Crippen MR) is 71.6 cm³/mol. The van der Waals surface area contributed by atoms with Crippen molar-refractivity contribution >= 4 is 21.7 Å². The van der Waals surface area contributed by atoms with Gasteiger partial charge in [-0.1, -0.05) is 28.1 Å². The Balaban J connectivity index is 2.04. The van der Waals surface area contributed by atoms with Crippen molar-refractivity contribution in [2.75, 3.05) is 5.73 Å². The van der Waals surface area contributed by atoms with E-state index in [2.05, 4.69) is 25.9 Å². The molecule has 2 aromatic rings. The van der Waals surface area contributed by atoms with Crippen LogP contribution in [0.4, 0.5) is 5.82 Å². The van der Waals surface area contributed by atoms with Crippen molar-refractivity contribution in [3.05, 3.63) is 40.6 Å². The fourth-order valence-corrected chi connectivity index (χ4v) is 2.04. The van der Waals surface area contributed by atoms with E-state index < -0.39 is 0 Å². The Morgan fingerprint density at radius 2 is 1.82 bits per heavy atom. The molecule has 3 nitrogen and oxygen atoms in total. The van der Waals surface area contributed by atoms with Crippen molar-refractivity contribution < 1.29 is 0 Å². The summed E-state index contributed by atoms with van der Waals surface area (Å²) in [5.74, 6) is 1.97. The Labute approximate surface area is 108 Å². The summed E-state index contributed by atoms with van der Waals surface area (Å²) >= 11 is 3.42. The molecule has 1 fully saturated rings. The summed E-state index contributed by atoms with van der Waals surface area (Å²) in [6.45, 7) is 0. The maximum atomic E-state index is 5.83. The number of nitrogens with two attached hydrogens (primary N) is 1. The highest BCUT2D eigenvalue weighted by atomic mass is 79.9. The lowest BCUT2D eigenvalue weighted by atomic mass is 10.1. The average molecular weight is 290 g/mol. The lowest BCUT2D eigenvalue weighted by Crippen LogP contribution is -1.99. The van der Waals surface area contributed by atoms with Crippen LogP contribution in [-0.2, 0) is 0 Å². The summed E-state index contributed by atoms with van der Waals surface area (Å²) in [6.07, 6.45) is 2.37. The maximum absolute atomic E-state index is 5.83. The van der Waals surface area contributed by atoms with Crippen LogP contribution in [0.3, 0.4) is 0 Å². The van der Waals surface area contributed by atoms with Crippen LogP contribution in [0, 0.1) is 0 Å². The summed E-state index contributed by atoms with van der Waals surface area (Å²) in [5.41, 5.74) is 7.81. The van der Waals surface area contributed by atoms with Crippen LogP contribution in [0.5, 0.6) is 0 Å². The van der Waals surface area contributed by atoms with Gasteiger partial charge in [0.05, 0.1) is 5.69 Å². The molecule has 0 aliphatic heterocycles. The molecule has 0 amide bonds. The van der Waals surface area contributed by atoms with Gasteiger partial charge in [-0.15, -0.1) is 0 Å². The first-order valence-electron chi connectivity index (χ1n) is 5.63. The molecule has 0 bridgehead atoms. The predicted octanol–water partition coefficient (Wildman–Crippen LogP) is 3.37. The topological polar surface area (TPSA) is 51.8 Å². The molecule has 0 radical (unpaired) electrons. The summed E-state index contributed by atoms with van der Waals surface area (Å²) in [6, 6.07) is 9.90. The quantitative estimate of drug-likeness (QED) is 0.922.